The molecule has 26 heavy (non-hydrogen) atoms. The van der Waals surface area contributed by atoms with Crippen molar-refractivity contribution < 1.29 is 13.2 Å². The second-order valence-corrected chi connectivity index (χ2v) is 9.17. The van der Waals surface area contributed by atoms with Crippen LogP contribution in [0, 0.1) is 0 Å². The van der Waals surface area contributed by atoms with Crippen molar-refractivity contribution >= 4 is 42.6 Å². The van der Waals surface area contributed by atoms with Crippen molar-refractivity contribution in [2.45, 2.75) is 57.8 Å². The summed E-state index contributed by atoms with van der Waals surface area (Å²) in [5.41, 5.74) is 0.692. The lowest BCUT2D eigenvalue weighted by Crippen LogP contribution is -2.32. The molecule has 144 valence electrons. The van der Waals surface area contributed by atoms with Crippen LogP contribution in [0.4, 0.5) is 5.13 Å². The molecule has 0 fully saturated rings. The summed E-state index contributed by atoms with van der Waals surface area (Å²) in [4.78, 5) is 16.5. The van der Waals surface area contributed by atoms with Crippen LogP contribution in [0.5, 0.6) is 0 Å². The van der Waals surface area contributed by atoms with Gasteiger partial charge in [0.15, 0.2) is 5.13 Å². The molecule has 0 bridgehead atoms. The average molecular weight is 398 g/mol. The van der Waals surface area contributed by atoms with Crippen molar-refractivity contribution in [1.82, 2.24) is 9.29 Å². The van der Waals surface area contributed by atoms with Crippen molar-refractivity contribution in [1.29, 1.82) is 0 Å². The number of aromatic nitrogens is 1. The topological polar surface area (TPSA) is 79.4 Å². The molecule has 0 aliphatic rings. The minimum atomic E-state index is -3.52. The van der Waals surface area contributed by atoms with Crippen molar-refractivity contribution in [3.05, 3.63) is 18.2 Å². The molecule has 1 aromatic carbocycles. The van der Waals surface area contributed by atoms with Crippen LogP contribution in [0.1, 0.15) is 52.9 Å². The minimum absolute atomic E-state index is 0.0594. The van der Waals surface area contributed by atoms with Crippen molar-refractivity contribution in [2.75, 3.05) is 18.4 Å². The number of carbonyl (C=O) groups excluding carboxylic acids is 1. The lowest BCUT2D eigenvalue weighted by Gasteiger charge is -2.20. The van der Waals surface area contributed by atoms with Crippen LogP contribution in [0.25, 0.3) is 10.2 Å². The summed E-state index contributed by atoms with van der Waals surface area (Å²) in [5, 5.41) is 3.31. The highest BCUT2D eigenvalue weighted by Crippen LogP contribution is 2.29. The number of amides is 1. The Balaban J connectivity index is 2.26. The molecule has 0 atom stereocenters. The Morgan fingerprint density at radius 3 is 2.46 bits per heavy atom. The van der Waals surface area contributed by atoms with Gasteiger partial charge in [-0.3, -0.25) is 4.79 Å². The van der Waals surface area contributed by atoms with E-state index < -0.39 is 10.0 Å². The number of hydrogen-bond donors (Lipinski definition) is 1. The van der Waals surface area contributed by atoms with Gasteiger partial charge in [-0.15, -0.1) is 0 Å². The maximum absolute atomic E-state index is 12.9. The number of benzene rings is 1. The number of nitrogens with one attached hydrogen (secondary N) is 1. The highest BCUT2D eigenvalue weighted by atomic mass is 32.2. The zero-order chi connectivity index (χ0) is 19.2. The van der Waals surface area contributed by atoms with Gasteiger partial charge in [0.2, 0.25) is 15.9 Å². The molecular weight excluding hydrogens is 370 g/mol. The number of unbranched alkanes of at least 4 members (excludes halogenated alkanes) is 1. The van der Waals surface area contributed by atoms with Crippen molar-refractivity contribution in [3.8, 4) is 0 Å². The van der Waals surface area contributed by atoms with Crippen molar-refractivity contribution in [2.24, 2.45) is 0 Å². The third kappa shape index (κ3) is 5.02. The van der Waals surface area contributed by atoms with Gasteiger partial charge in [0.1, 0.15) is 0 Å². The first kappa shape index (κ1) is 20.8. The van der Waals surface area contributed by atoms with Gasteiger partial charge in [-0.25, -0.2) is 13.4 Å². The van der Waals surface area contributed by atoms with E-state index in [1.54, 1.807) is 18.2 Å². The van der Waals surface area contributed by atoms with Gasteiger partial charge in [0, 0.05) is 19.5 Å². The fourth-order valence-corrected chi connectivity index (χ4v) is 5.28. The smallest absolute Gasteiger partial charge is 0.243 e. The summed E-state index contributed by atoms with van der Waals surface area (Å²) in [6.45, 7) is 6.99. The van der Waals surface area contributed by atoms with Crippen LogP contribution in [-0.2, 0) is 14.8 Å². The molecule has 0 radical (unpaired) electrons. The van der Waals surface area contributed by atoms with Crippen LogP contribution in [0.15, 0.2) is 23.1 Å². The molecule has 1 amide bonds. The molecule has 2 rings (SSSR count). The number of carbonyl (C=O) groups is 1. The summed E-state index contributed by atoms with van der Waals surface area (Å²) in [6, 6.07) is 4.96. The van der Waals surface area contributed by atoms with Gasteiger partial charge in [-0.05, 0) is 37.5 Å². The van der Waals surface area contributed by atoms with Gasteiger partial charge in [-0.1, -0.05) is 38.5 Å². The second-order valence-electron chi connectivity index (χ2n) is 6.20. The molecule has 2 aromatic rings. The lowest BCUT2D eigenvalue weighted by atomic mass is 10.2. The lowest BCUT2D eigenvalue weighted by molar-refractivity contribution is -0.116. The molecule has 0 saturated carbocycles. The predicted molar refractivity (Wildman–Crippen MR) is 107 cm³/mol. The molecule has 1 heterocycles. The van der Waals surface area contributed by atoms with E-state index in [1.807, 2.05) is 20.8 Å². The van der Waals surface area contributed by atoms with E-state index >= 15 is 0 Å². The number of sulfonamides is 1. The summed E-state index contributed by atoms with van der Waals surface area (Å²) in [6.07, 6.45) is 3.81. The number of nitrogens with zero attached hydrogens (tertiary/aromatic N) is 2. The standard InChI is InChI=1S/C18H27N3O3S2/c1-4-7-8-17(22)20-18-19-15-10-9-14(13-16(15)25-18)26(23,24)21(11-5-2)12-6-3/h9-10,13H,4-8,11-12H2,1-3H3,(H,19,20,22). The quantitative estimate of drug-likeness (QED) is 0.650. The Labute approximate surface area is 159 Å². The molecule has 1 aromatic heterocycles. The van der Waals surface area contributed by atoms with E-state index in [2.05, 4.69) is 10.3 Å². The fraction of sp³-hybridized carbons (Fsp3) is 0.556. The molecular formula is C18H27N3O3S2. The van der Waals surface area contributed by atoms with E-state index in [1.165, 1.54) is 15.6 Å². The first-order chi connectivity index (χ1) is 12.4. The van der Waals surface area contributed by atoms with Gasteiger partial charge < -0.3 is 5.32 Å². The summed E-state index contributed by atoms with van der Waals surface area (Å²) < 4.78 is 28.1. The van der Waals surface area contributed by atoms with E-state index in [9.17, 15) is 13.2 Å². The Bertz CT molecular complexity index is 840. The molecule has 0 unspecified atom stereocenters. The van der Waals surface area contributed by atoms with Gasteiger partial charge in [-0.2, -0.15) is 4.31 Å². The number of rotatable bonds is 10. The van der Waals surface area contributed by atoms with Crippen LogP contribution in [-0.4, -0.2) is 36.7 Å². The van der Waals surface area contributed by atoms with Crippen molar-refractivity contribution in [3.63, 3.8) is 0 Å². The summed E-state index contributed by atoms with van der Waals surface area (Å²) in [5.74, 6) is -0.0594. The highest BCUT2D eigenvalue weighted by molar-refractivity contribution is 7.89. The molecule has 6 nitrogen and oxygen atoms in total. The largest absolute Gasteiger partial charge is 0.302 e. The van der Waals surface area contributed by atoms with Gasteiger partial charge in [0.05, 0.1) is 15.1 Å². The molecule has 1 N–H and O–H groups in total. The van der Waals surface area contributed by atoms with Gasteiger partial charge >= 0.3 is 0 Å². The third-order valence-electron chi connectivity index (χ3n) is 3.95. The maximum Gasteiger partial charge on any atom is 0.243 e. The Hall–Kier alpha value is -1.51. The minimum Gasteiger partial charge on any atom is -0.302 e. The number of fused-ring (bicyclic) bond motifs is 1. The molecule has 0 aliphatic carbocycles. The SMILES string of the molecule is CCCCC(=O)Nc1nc2ccc(S(=O)(=O)N(CCC)CCC)cc2s1. The Morgan fingerprint density at radius 2 is 1.85 bits per heavy atom. The third-order valence-corrected chi connectivity index (χ3v) is 6.78. The molecule has 8 heteroatoms. The zero-order valence-corrected chi connectivity index (χ0v) is 17.3. The number of anilines is 1. The van der Waals surface area contributed by atoms with Crippen LogP contribution >= 0.6 is 11.3 Å². The first-order valence-electron chi connectivity index (χ1n) is 9.12. The second kappa shape index (κ2) is 9.43. The zero-order valence-electron chi connectivity index (χ0n) is 15.6. The first-order valence-corrected chi connectivity index (χ1v) is 11.4. The monoisotopic (exact) mass is 397 g/mol. The molecule has 0 spiro atoms. The predicted octanol–water partition coefficient (Wildman–Crippen LogP) is 4.24. The highest BCUT2D eigenvalue weighted by Gasteiger charge is 2.23. The normalized spacial score (nSPS) is 12.0. The van der Waals surface area contributed by atoms with Crippen LogP contribution in [0.3, 0.4) is 0 Å². The summed E-state index contributed by atoms with van der Waals surface area (Å²) >= 11 is 1.30. The van der Waals surface area contributed by atoms with Gasteiger partial charge in [0.25, 0.3) is 0 Å². The Kier molecular flexibility index (Phi) is 7.55. The maximum atomic E-state index is 12.9. The van der Waals surface area contributed by atoms with Crippen LogP contribution < -0.4 is 5.32 Å². The number of thiazole rings is 1. The van der Waals surface area contributed by atoms with E-state index in [-0.39, 0.29) is 10.8 Å². The van der Waals surface area contributed by atoms with Crippen LogP contribution in [0.2, 0.25) is 0 Å². The fourth-order valence-electron chi connectivity index (χ4n) is 2.64. The number of hydrogen-bond acceptors (Lipinski definition) is 5. The average Bonchev–Trinajstić information content (AvgIpc) is 3.00. The molecule has 0 saturated heterocycles. The summed E-state index contributed by atoms with van der Waals surface area (Å²) in [7, 11) is -3.52. The van der Waals surface area contributed by atoms with E-state index in [4.69, 9.17) is 0 Å². The van der Waals surface area contributed by atoms with E-state index in [0.29, 0.717) is 30.2 Å². The molecule has 0 aliphatic heterocycles. The van der Waals surface area contributed by atoms with E-state index in [0.717, 1.165) is 30.4 Å². The Morgan fingerprint density at radius 1 is 1.15 bits per heavy atom.